The fourth-order valence-corrected chi connectivity index (χ4v) is 10.1. The summed E-state index contributed by atoms with van der Waals surface area (Å²) in [7, 11) is 0. The average Bonchev–Trinajstić information content (AvgIpc) is 3.36. The Balaban J connectivity index is 0.000000244. The molecule has 6 rings (SSSR count). The molecule has 2 saturated carbocycles. The van der Waals surface area contributed by atoms with E-state index in [1.54, 1.807) is 11.1 Å². The predicted molar refractivity (Wildman–Crippen MR) is 285 cm³/mol. The molecule has 0 aromatic heterocycles. The van der Waals surface area contributed by atoms with Gasteiger partial charge in [-0.2, -0.15) is 0 Å². The fraction of sp³-hybridized carbons (Fsp3) is 0.569. The molecule has 0 heterocycles. The maximum absolute atomic E-state index is 3.59. The molecule has 2 fully saturated rings. The highest BCUT2D eigenvalue weighted by atomic mass is 14.3. The minimum absolute atomic E-state index is 0.567. The van der Waals surface area contributed by atoms with Crippen LogP contribution in [-0.2, 0) is 25.7 Å². The molecule has 0 nitrogen and oxygen atoms in total. The summed E-state index contributed by atoms with van der Waals surface area (Å²) in [6.07, 6.45) is 37.9. The number of aryl methyl sites for hydroxylation is 4. The van der Waals surface area contributed by atoms with Gasteiger partial charge in [0.25, 0.3) is 0 Å². The van der Waals surface area contributed by atoms with Crippen LogP contribution in [0.1, 0.15) is 245 Å². The van der Waals surface area contributed by atoms with E-state index in [9.17, 15) is 0 Å². The molecule has 2 aliphatic carbocycles. The molecule has 0 amide bonds. The van der Waals surface area contributed by atoms with E-state index in [1.165, 1.54) is 220 Å². The van der Waals surface area contributed by atoms with Crippen molar-refractivity contribution in [2.45, 2.75) is 226 Å². The first kappa shape index (κ1) is 52.0. The van der Waals surface area contributed by atoms with Gasteiger partial charge >= 0.3 is 0 Å². The first-order chi connectivity index (χ1) is 32.1. The number of hydrogen-bond donors (Lipinski definition) is 0. The number of rotatable bonds is 23. The second-order valence-corrected chi connectivity index (χ2v) is 20.1. The van der Waals surface area contributed by atoms with Gasteiger partial charge in [-0.25, -0.2) is 0 Å². The number of unbranched alkanes of at least 4 members (excludes halogenated alkanes) is 13. The van der Waals surface area contributed by atoms with Gasteiger partial charge in [-0.05, 0) is 172 Å². The smallest absolute Gasteiger partial charge is 0.0245 e. The van der Waals surface area contributed by atoms with Crippen LogP contribution in [0.15, 0.2) is 97.1 Å². The van der Waals surface area contributed by atoms with Crippen molar-refractivity contribution in [3.8, 4) is 23.7 Å². The van der Waals surface area contributed by atoms with E-state index in [0.29, 0.717) is 11.8 Å². The third kappa shape index (κ3) is 20.6. The Bertz CT molecular complexity index is 1920. The first-order valence-corrected chi connectivity index (χ1v) is 27.4. The van der Waals surface area contributed by atoms with Crippen molar-refractivity contribution in [1.82, 2.24) is 0 Å². The molecule has 0 saturated heterocycles. The van der Waals surface area contributed by atoms with Gasteiger partial charge in [0.05, 0.1) is 0 Å². The molecule has 65 heavy (non-hydrogen) atoms. The number of benzene rings is 4. The maximum atomic E-state index is 3.59. The minimum atomic E-state index is 0.567. The van der Waals surface area contributed by atoms with Crippen molar-refractivity contribution < 1.29 is 0 Å². The molecule has 4 aromatic rings. The number of hydrogen-bond acceptors (Lipinski definition) is 0. The molecular formula is C65H90. The normalized spacial score (nSPS) is 18.1. The third-order valence-electron chi connectivity index (χ3n) is 14.6. The molecular weight excluding hydrogens is 781 g/mol. The lowest BCUT2D eigenvalue weighted by Gasteiger charge is -2.26. The molecule has 0 N–H and O–H groups in total. The summed E-state index contributed by atoms with van der Waals surface area (Å²) in [4.78, 5) is 0. The van der Waals surface area contributed by atoms with Gasteiger partial charge < -0.3 is 0 Å². The SMILES string of the molecule is CCCCCCCc1ccc(C2CCC(C#Cc3ccc(CCCCCC)cc3)CC2)cc1.CCCCCCc1ccc(C#CC2CCC(c3ccc(CCCCCC)cc3)CC2)cc1. The molecule has 0 spiro atoms. The van der Waals surface area contributed by atoms with Crippen LogP contribution in [0.2, 0.25) is 0 Å². The molecule has 350 valence electrons. The summed E-state index contributed by atoms with van der Waals surface area (Å²) < 4.78 is 0. The quantitative estimate of drug-likeness (QED) is 0.0515. The monoisotopic (exact) mass is 871 g/mol. The highest BCUT2D eigenvalue weighted by molar-refractivity contribution is 5.38. The summed E-state index contributed by atoms with van der Waals surface area (Å²) in [5.41, 5.74) is 11.4. The molecule has 0 bridgehead atoms. The second-order valence-electron chi connectivity index (χ2n) is 20.1. The first-order valence-electron chi connectivity index (χ1n) is 27.4. The van der Waals surface area contributed by atoms with E-state index < -0.39 is 0 Å². The zero-order valence-corrected chi connectivity index (χ0v) is 42.1. The Kier molecular flexibility index (Phi) is 25.5. The zero-order chi connectivity index (χ0) is 45.6. The maximum Gasteiger partial charge on any atom is 0.0245 e. The lowest BCUT2D eigenvalue weighted by Crippen LogP contribution is -2.12. The lowest BCUT2D eigenvalue weighted by atomic mass is 9.78. The van der Waals surface area contributed by atoms with E-state index >= 15 is 0 Å². The van der Waals surface area contributed by atoms with Crippen molar-refractivity contribution in [1.29, 1.82) is 0 Å². The Morgan fingerprint density at radius 3 is 0.862 bits per heavy atom. The van der Waals surface area contributed by atoms with Crippen LogP contribution >= 0.6 is 0 Å². The van der Waals surface area contributed by atoms with Crippen molar-refractivity contribution >= 4 is 0 Å². The summed E-state index contributed by atoms with van der Waals surface area (Å²) in [5, 5.41) is 0. The van der Waals surface area contributed by atoms with Crippen LogP contribution < -0.4 is 0 Å². The summed E-state index contributed by atoms with van der Waals surface area (Å²) >= 11 is 0. The van der Waals surface area contributed by atoms with E-state index in [1.807, 2.05) is 0 Å². The van der Waals surface area contributed by atoms with Crippen molar-refractivity contribution in [2.75, 3.05) is 0 Å². The van der Waals surface area contributed by atoms with Crippen LogP contribution in [0.4, 0.5) is 0 Å². The fourth-order valence-electron chi connectivity index (χ4n) is 10.1. The Hall–Kier alpha value is -4.00. The van der Waals surface area contributed by atoms with Gasteiger partial charge in [0.2, 0.25) is 0 Å². The molecule has 2 aliphatic rings. The summed E-state index contributed by atoms with van der Waals surface area (Å²) in [5.74, 6) is 16.7. The topological polar surface area (TPSA) is 0 Å². The van der Waals surface area contributed by atoms with E-state index in [4.69, 9.17) is 0 Å². The van der Waals surface area contributed by atoms with E-state index in [0.717, 1.165) is 11.8 Å². The summed E-state index contributed by atoms with van der Waals surface area (Å²) in [6, 6.07) is 37.1. The predicted octanol–water partition coefficient (Wildman–Crippen LogP) is 18.9. The minimum Gasteiger partial charge on any atom is -0.0945 e. The highest BCUT2D eigenvalue weighted by Gasteiger charge is 2.22. The van der Waals surface area contributed by atoms with Crippen LogP contribution in [0.25, 0.3) is 0 Å². The van der Waals surface area contributed by atoms with Gasteiger partial charge in [0, 0.05) is 23.0 Å². The van der Waals surface area contributed by atoms with Crippen LogP contribution in [0, 0.1) is 35.5 Å². The molecule has 0 heteroatoms. The average molecular weight is 871 g/mol. The molecule has 0 radical (unpaired) electrons. The largest absolute Gasteiger partial charge is 0.0945 e. The van der Waals surface area contributed by atoms with Gasteiger partial charge in [0.15, 0.2) is 0 Å². The summed E-state index contributed by atoms with van der Waals surface area (Å²) in [6.45, 7) is 9.11. The van der Waals surface area contributed by atoms with Gasteiger partial charge in [-0.1, -0.05) is 208 Å². The lowest BCUT2D eigenvalue weighted by molar-refractivity contribution is 0.384. The Labute approximate surface area is 401 Å². The van der Waals surface area contributed by atoms with Crippen molar-refractivity contribution in [2.24, 2.45) is 11.8 Å². The second kappa shape index (κ2) is 31.8. The molecule has 0 unspecified atom stereocenters. The van der Waals surface area contributed by atoms with Gasteiger partial charge in [-0.15, -0.1) is 0 Å². The van der Waals surface area contributed by atoms with E-state index in [2.05, 4.69) is 148 Å². The zero-order valence-electron chi connectivity index (χ0n) is 42.1. The van der Waals surface area contributed by atoms with Crippen molar-refractivity contribution in [3.63, 3.8) is 0 Å². The van der Waals surface area contributed by atoms with Crippen LogP contribution in [0.3, 0.4) is 0 Å². The van der Waals surface area contributed by atoms with Gasteiger partial charge in [0.1, 0.15) is 0 Å². The Morgan fingerprint density at radius 1 is 0.308 bits per heavy atom. The Morgan fingerprint density at radius 2 is 0.569 bits per heavy atom. The van der Waals surface area contributed by atoms with Crippen molar-refractivity contribution in [3.05, 3.63) is 142 Å². The van der Waals surface area contributed by atoms with E-state index in [-0.39, 0.29) is 0 Å². The molecule has 0 atom stereocenters. The standard InChI is InChI=1S/C33H46.C32H44/c1-3-5-7-9-11-13-29-20-24-32(25-21-29)33-26-22-31(23-27-33)19-18-30-16-14-28(15-17-30)12-10-8-6-4-2;1-3-5-7-9-11-27-13-15-29(16-14-27)17-18-30-21-25-32(26-22-30)31-23-19-28(20-24-31)12-10-8-6-4-2/h14-17,20-21,24-25,31,33H,3-13,22-23,26-27H2,1-2H3;13-16,19-20,23-24,30,32H,3-12,21-22,25-26H2,1-2H3. The van der Waals surface area contributed by atoms with Crippen LogP contribution in [-0.4, -0.2) is 0 Å². The molecule has 4 aromatic carbocycles. The third-order valence-corrected chi connectivity index (χ3v) is 14.6. The molecule has 0 aliphatic heterocycles. The van der Waals surface area contributed by atoms with Crippen LogP contribution in [0.5, 0.6) is 0 Å². The van der Waals surface area contributed by atoms with Gasteiger partial charge in [-0.3, -0.25) is 0 Å². The highest BCUT2D eigenvalue weighted by Crippen LogP contribution is 2.37.